The summed E-state index contributed by atoms with van der Waals surface area (Å²) in [5.74, 6) is 1.81. The topological polar surface area (TPSA) is 82.8 Å². The maximum absolute atomic E-state index is 6.59. The standard InChI is InChI=1S/C18H23N5OS/c19-18(16-9-5-11-25-16)14(15-8-4-10-24-15)12-17-20-21-22-23(17)13-6-2-1-3-7-13/h4-5,8-11,13-14,18H,1-3,6-7,12,19H2. The summed E-state index contributed by atoms with van der Waals surface area (Å²) < 4.78 is 7.72. The first-order valence-electron chi connectivity index (χ1n) is 8.92. The van der Waals surface area contributed by atoms with Gasteiger partial charge in [0.05, 0.1) is 12.3 Å². The molecule has 6 nitrogen and oxygen atoms in total. The van der Waals surface area contributed by atoms with Crippen molar-refractivity contribution in [2.75, 3.05) is 0 Å². The zero-order valence-electron chi connectivity index (χ0n) is 14.1. The number of nitrogens with zero attached hydrogens (tertiary/aromatic N) is 4. The molecule has 25 heavy (non-hydrogen) atoms. The Balaban J connectivity index is 1.60. The lowest BCUT2D eigenvalue weighted by Crippen LogP contribution is -2.24. The molecule has 2 atom stereocenters. The van der Waals surface area contributed by atoms with E-state index in [1.807, 2.05) is 22.9 Å². The van der Waals surface area contributed by atoms with Crippen molar-refractivity contribution in [1.82, 2.24) is 20.2 Å². The van der Waals surface area contributed by atoms with Gasteiger partial charge >= 0.3 is 0 Å². The van der Waals surface area contributed by atoms with Crippen LogP contribution < -0.4 is 5.73 Å². The SMILES string of the molecule is NC(c1cccs1)C(Cc1nnnn1C1CCCCC1)c1ccco1. The first-order chi connectivity index (χ1) is 12.3. The highest BCUT2D eigenvalue weighted by atomic mass is 32.1. The van der Waals surface area contributed by atoms with E-state index in [4.69, 9.17) is 10.2 Å². The fourth-order valence-corrected chi connectivity index (χ4v) is 4.53. The zero-order chi connectivity index (χ0) is 17.1. The van der Waals surface area contributed by atoms with Gasteiger partial charge in [-0.15, -0.1) is 16.4 Å². The molecule has 0 saturated heterocycles. The van der Waals surface area contributed by atoms with Crippen LogP contribution in [0.4, 0.5) is 0 Å². The van der Waals surface area contributed by atoms with Crippen LogP contribution in [0, 0.1) is 0 Å². The number of rotatable bonds is 6. The Bertz CT molecular complexity index is 761. The van der Waals surface area contributed by atoms with Gasteiger partial charge in [0.1, 0.15) is 5.76 Å². The molecule has 0 aromatic carbocycles. The first-order valence-corrected chi connectivity index (χ1v) is 9.80. The molecule has 2 N–H and O–H groups in total. The third kappa shape index (κ3) is 3.52. The van der Waals surface area contributed by atoms with Crippen molar-refractivity contribution in [1.29, 1.82) is 0 Å². The van der Waals surface area contributed by atoms with E-state index in [1.54, 1.807) is 17.6 Å². The Morgan fingerprint density at radius 2 is 2.12 bits per heavy atom. The predicted octanol–water partition coefficient (Wildman–Crippen LogP) is 3.86. The van der Waals surface area contributed by atoms with E-state index in [-0.39, 0.29) is 12.0 Å². The minimum Gasteiger partial charge on any atom is -0.469 e. The Hall–Kier alpha value is -1.99. The van der Waals surface area contributed by atoms with Gasteiger partial charge in [-0.1, -0.05) is 25.3 Å². The molecule has 3 aromatic heterocycles. The highest BCUT2D eigenvalue weighted by molar-refractivity contribution is 7.10. The van der Waals surface area contributed by atoms with Crippen molar-refractivity contribution in [2.24, 2.45) is 5.73 Å². The van der Waals surface area contributed by atoms with Gasteiger partial charge in [-0.2, -0.15) is 0 Å². The molecule has 0 spiro atoms. The number of tetrazole rings is 1. The summed E-state index contributed by atoms with van der Waals surface area (Å²) in [7, 11) is 0. The Kier molecular flexibility index (Phi) is 4.94. The molecule has 1 aliphatic carbocycles. The van der Waals surface area contributed by atoms with E-state index >= 15 is 0 Å². The van der Waals surface area contributed by atoms with Crippen LogP contribution in [-0.4, -0.2) is 20.2 Å². The van der Waals surface area contributed by atoms with E-state index in [2.05, 4.69) is 27.0 Å². The zero-order valence-corrected chi connectivity index (χ0v) is 14.9. The molecule has 3 aromatic rings. The van der Waals surface area contributed by atoms with Crippen molar-refractivity contribution in [3.8, 4) is 0 Å². The molecular weight excluding hydrogens is 334 g/mol. The number of aromatic nitrogens is 4. The Morgan fingerprint density at radius 1 is 1.24 bits per heavy atom. The largest absolute Gasteiger partial charge is 0.469 e. The lowest BCUT2D eigenvalue weighted by molar-refractivity contribution is 0.311. The Labute approximate surface area is 151 Å². The second kappa shape index (κ2) is 7.49. The van der Waals surface area contributed by atoms with Crippen LogP contribution in [0.5, 0.6) is 0 Å². The van der Waals surface area contributed by atoms with E-state index in [0.717, 1.165) is 29.3 Å². The van der Waals surface area contributed by atoms with E-state index in [1.165, 1.54) is 19.3 Å². The molecule has 0 aliphatic heterocycles. The van der Waals surface area contributed by atoms with Crippen LogP contribution in [-0.2, 0) is 6.42 Å². The summed E-state index contributed by atoms with van der Waals surface area (Å²) >= 11 is 1.68. The molecule has 132 valence electrons. The molecule has 1 aliphatic rings. The van der Waals surface area contributed by atoms with E-state index in [9.17, 15) is 0 Å². The van der Waals surface area contributed by atoms with Gasteiger partial charge < -0.3 is 10.2 Å². The molecule has 7 heteroatoms. The summed E-state index contributed by atoms with van der Waals surface area (Å²) in [6.07, 6.45) is 8.50. The smallest absolute Gasteiger partial charge is 0.152 e. The Morgan fingerprint density at radius 3 is 2.84 bits per heavy atom. The van der Waals surface area contributed by atoms with Gasteiger partial charge in [0.25, 0.3) is 0 Å². The quantitative estimate of drug-likeness (QED) is 0.724. The molecule has 1 saturated carbocycles. The van der Waals surface area contributed by atoms with Crippen LogP contribution in [0.1, 0.15) is 66.6 Å². The highest BCUT2D eigenvalue weighted by Crippen LogP contribution is 2.35. The fraction of sp³-hybridized carbons (Fsp3) is 0.500. The van der Waals surface area contributed by atoms with Crippen molar-refractivity contribution in [3.05, 3.63) is 52.4 Å². The van der Waals surface area contributed by atoms with E-state index in [0.29, 0.717) is 12.5 Å². The number of hydrogen-bond donors (Lipinski definition) is 1. The number of hydrogen-bond acceptors (Lipinski definition) is 6. The van der Waals surface area contributed by atoms with Gasteiger partial charge in [-0.05, 0) is 46.8 Å². The van der Waals surface area contributed by atoms with Crippen molar-refractivity contribution in [3.63, 3.8) is 0 Å². The fourth-order valence-electron chi connectivity index (χ4n) is 3.74. The average Bonchev–Trinajstić information content (AvgIpc) is 3.42. The number of furan rings is 1. The summed E-state index contributed by atoms with van der Waals surface area (Å²) in [5.41, 5.74) is 6.59. The number of nitrogens with two attached hydrogens (primary N) is 1. The minimum absolute atomic E-state index is 0.0157. The molecule has 1 fully saturated rings. The molecule has 0 bridgehead atoms. The lowest BCUT2D eigenvalue weighted by Gasteiger charge is -2.25. The monoisotopic (exact) mass is 357 g/mol. The normalized spacial score (nSPS) is 18.3. The third-order valence-electron chi connectivity index (χ3n) is 5.10. The van der Waals surface area contributed by atoms with Crippen LogP contribution >= 0.6 is 11.3 Å². The maximum Gasteiger partial charge on any atom is 0.152 e. The van der Waals surface area contributed by atoms with Crippen molar-refractivity contribution >= 4 is 11.3 Å². The highest BCUT2D eigenvalue weighted by Gasteiger charge is 2.29. The van der Waals surface area contributed by atoms with Crippen LogP contribution in [0.15, 0.2) is 40.3 Å². The van der Waals surface area contributed by atoms with Crippen LogP contribution in [0.3, 0.4) is 0 Å². The summed E-state index contributed by atoms with van der Waals surface area (Å²) in [5, 5.41) is 14.6. The van der Waals surface area contributed by atoms with E-state index < -0.39 is 0 Å². The van der Waals surface area contributed by atoms with Crippen molar-refractivity contribution in [2.45, 2.75) is 56.5 Å². The molecule has 3 heterocycles. The molecular formula is C18H23N5OS. The predicted molar refractivity (Wildman–Crippen MR) is 96.3 cm³/mol. The first kappa shape index (κ1) is 16.5. The van der Waals surface area contributed by atoms with Gasteiger partial charge in [0, 0.05) is 23.3 Å². The number of thiophene rings is 1. The summed E-state index contributed by atoms with van der Waals surface area (Å²) in [6, 6.07) is 8.29. The van der Waals surface area contributed by atoms with Gasteiger partial charge in [-0.3, -0.25) is 0 Å². The van der Waals surface area contributed by atoms with Gasteiger partial charge in [0.15, 0.2) is 5.82 Å². The second-order valence-corrected chi connectivity index (χ2v) is 7.68. The lowest BCUT2D eigenvalue weighted by atomic mass is 9.91. The molecule has 4 rings (SSSR count). The summed E-state index contributed by atoms with van der Waals surface area (Å²) in [4.78, 5) is 1.15. The maximum atomic E-state index is 6.59. The molecule has 0 amide bonds. The third-order valence-corrected chi connectivity index (χ3v) is 6.07. The van der Waals surface area contributed by atoms with Crippen LogP contribution in [0.2, 0.25) is 0 Å². The van der Waals surface area contributed by atoms with Crippen LogP contribution in [0.25, 0.3) is 0 Å². The summed E-state index contributed by atoms with van der Waals surface area (Å²) in [6.45, 7) is 0. The molecule has 2 unspecified atom stereocenters. The minimum atomic E-state index is -0.136. The van der Waals surface area contributed by atoms with Crippen molar-refractivity contribution < 1.29 is 4.42 Å². The van der Waals surface area contributed by atoms with Gasteiger partial charge in [-0.25, -0.2) is 4.68 Å². The second-order valence-electron chi connectivity index (χ2n) is 6.70. The molecule has 0 radical (unpaired) electrons. The average molecular weight is 357 g/mol. The van der Waals surface area contributed by atoms with Gasteiger partial charge in [0.2, 0.25) is 0 Å².